The summed E-state index contributed by atoms with van der Waals surface area (Å²) in [4.78, 5) is 0. The summed E-state index contributed by atoms with van der Waals surface area (Å²) in [5.74, 6) is 0.684. The Balaban J connectivity index is 1.99. The second kappa shape index (κ2) is 4.74. The first-order chi connectivity index (χ1) is 9.13. The smallest absolute Gasteiger partial charge is 0.222 e. The first kappa shape index (κ1) is 12.3. The van der Waals surface area contributed by atoms with E-state index in [2.05, 4.69) is 5.16 Å². The van der Waals surface area contributed by atoms with Crippen LogP contribution in [0.1, 0.15) is 12.8 Å². The van der Waals surface area contributed by atoms with Gasteiger partial charge in [-0.15, -0.1) is 0 Å². The summed E-state index contributed by atoms with van der Waals surface area (Å²) in [6, 6.07) is 4.04. The van der Waals surface area contributed by atoms with E-state index >= 15 is 0 Å². The van der Waals surface area contributed by atoms with E-state index in [1.165, 1.54) is 18.2 Å². The molecule has 19 heavy (non-hydrogen) atoms. The fraction of sp³-hybridized carbons (Fsp3) is 0.308. The van der Waals surface area contributed by atoms with Gasteiger partial charge in [0, 0.05) is 6.07 Å². The molecule has 2 N–H and O–H groups in total. The summed E-state index contributed by atoms with van der Waals surface area (Å²) in [6.07, 6.45) is 2.32. The molecule has 2 aromatic rings. The average Bonchev–Trinajstić information content (AvgIpc) is 3.08. The van der Waals surface area contributed by atoms with E-state index < -0.39 is 5.82 Å². The van der Waals surface area contributed by atoms with Crippen LogP contribution in [0.15, 0.2) is 22.7 Å². The normalized spacial score (nSPS) is 14.6. The number of anilines is 1. The Labute approximate surface area is 114 Å². The number of aromatic nitrogens is 1. The van der Waals surface area contributed by atoms with Gasteiger partial charge in [-0.1, -0.05) is 16.8 Å². The lowest BCUT2D eigenvalue weighted by Crippen LogP contribution is -2.01. The highest BCUT2D eigenvalue weighted by Gasteiger charge is 2.24. The Morgan fingerprint density at radius 2 is 2.21 bits per heavy atom. The quantitative estimate of drug-likeness (QED) is 0.932. The lowest BCUT2D eigenvalue weighted by molar-refractivity contribution is 0.300. The fourth-order valence-corrected chi connectivity index (χ4v) is 2.06. The van der Waals surface area contributed by atoms with Gasteiger partial charge in [0.05, 0.1) is 17.2 Å². The summed E-state index contributed by atoms with van der Waals surface area (Å²) >= 11 is 6.04. The highest BCUT2D eigenvalue weighted by molar-refractivity contribution is 6.32. The maximum Gasteiger partial charge on any atom is 0.222 e. The predicted octanol–water partition coefficient (Wildman–Crippen LogP) is 3.51. The Morgan fingerprint density at radius 3 is 2.84 bits per heavy atom. The van der Waals surface area contributed by atoms with E-state index in [9.17, 15) is 4.39 Å². The van der Waals surface area contributed by atoms with E-state index in [4.69, 9.17) is 26.6 Å². The zero-order valence-electron chi connectivity index (χ0n) is 10.0. The molecule has 1 aromatic heterocycles. The van der Waals surface area contributed by atoms with Crippen molar-refractivity contribution in [2.45, 2.75) is 12.8 Å². The lowest BCUT2D eigenvalue weighted by atomic mass is 10.1. The number of benzene rings is 1. The minimum atomic E-state index is -0.458. The Kier molecular flexibility index (Phi) is 3.06. The molecule has 0 aliphatic heterocycles. The van der Waals surface area contributed by atoms with Gasteiger partial charge in [0.15, 0.2) is 0 Å². The van der Waals surface area contributed by atoms with Gasteiger partial charge in [-0.2, -0.15) is 0 Å². The van der Waals surface area contributed by atoms with Crippen molar-refractivity contribution >= 4 is 17.5 Å². The van der Waals surface area contributed by atoms with Crippen molar-refractivity contribution in [2.75, 3.05) is 12.3 Å². The maximum absolute atomic E-state index is 13.5. The van der Waals surface area contributed by atoms with Crippen molar-refractivity contribution in [3.8, 4) is 17.0 Å². The van der Waals surface area contributed by atoms with Crippen molar-refractivity contribution in [1.29, 1.82) is 0 Å². The molecule has 6 heteroatoms. The zero-order valence-corrected chi connectivity index (χ0v) is 10.8. The van der Waals surface area contributed by atoms with Gasteiger partial charge in [-0.05, 0) is 30.9 Å². The topological polar surface area (TPSA) is 61.3 Å². The Hall–Kier alpha value is -1.75. The third-order valence-electron chi connectivity index (χ3n) is 2.97. The van der Waals surface area contributed by atoms with Crippen molar-refractivity contribution in [3.63, 3.8) is 0 Å². The molecular weight excluding hydrogens is 271 g/mol. The van der Waals surface area contributed by atoms with Crippen LogP contribution in [0.3, 0.4) is 0 Å². The lowest BCUT2D eigenvalue weighted by Gasteiger charge is -2.11. The van der Waals surface area contributed by atoms with Gasteiger partial charge in [0.1, 0.15) is 17.3 Å². The monoisotopic (exact) mass is 282 g/mol. The molecule has 0 spiro atoms. The number of hydrogen-bond acceptors (Lipinski definition) is 4. The first-order valence-corrected chi connectivity index (χ1v) is 6.35. The molecule has 0 radical (unpaired) electrons. The molecule has 1 fully saturated rings. The van der Waals surface area contributed by atoms with Crippen LogP contribution in [0.5, 0.6) is 5.75 Å². The van der Waals surface area contributed by atoms with Crippen molar-refractivity contribution in [2.24, 2.45) is 5.92 Å². The molecule has 1 heterocycles. The third-order valence-corrected chi connectivity index (χ3v) is 3.25. The van der Waals surface area contributed by atoms with E-state index in [-0.39, 0.29) is 10.9 Å². The van der Waals surface area contributed by atoms with Gasteiger partial charge in [0.25, 0.3) is 0 Å². The van der Waals surface area contributed by atoms with E-state index in [0.29, 0.717) is 29.5 Å². The van der Waals surface area contributed by atoms with E-state index in [1.54, 1.807) is 0 Å². The number of nitrogen functional groups attached to an aromatic ring is 1. The molecule has 0 unspecified atom stereocenters. The number of halogens is 2. The second-order valence-corrected chi connectivity index (χ2v) is 5.04. The SMILES string of the molecule is Nc1cc(-c2cc(F)cc(Cl)c2OCC2CC2)no1. The second-order valence-electron chi connectivity index (χ2n) is 4.63. The Bertz CT molecular complexity index is 611. The maximum atomic E-state index is 13.5. The molecular formula is C13H12ClFN2O2. The number of rotatable bonds is 4. The van der Waals surface area contributed by atoms with Gasteiger partial charge in [-0.3, -0.25) is 0 Å². The van der Waals surface area contributed by atoms with Gasteiger partial charge < -0.3 is 15.0 Å². The molecule has 0 amide bonds. The summed E-state index contributed by atoms with van der Waals surface area (Å²) < 4.78 is 24.0. The Morgan fingerprint density at radius 1 is 1.42 bits per heavy atom. The van der Waals surface area contributed by atoms with Crippen LogP contribution in [-0.4, -0.2) is 11.8 Å². The van der Waals surface area contributed by atoms with Gasteiger partial charge in [0.2, 0.25) is 5.88 Å². The largest absolute Gasteiger partial charge is 0.491 e. The molecule has 0 atom stereocenters. The summed E-state index contributed by atoms with van der Waals surface area (Å²) in [7, 11) is 0. The predicted molar refractivity (Wildman–Crippen MR) is 69.5 cm³/mol. The molecule has 100 valence electrons. The third kappa shape index (κ3) is 2.66. The highest BCUT2D eigenvalue weighted by atomic mass is 35.5. The first-order valence-electron chi connectivity index (χ1n) is 5.98. The molecule has 0 saturated heterocycles. The summed E-state index contributed by atoms with van der Waals surface area (Å²) in [6.45, 7) is 0.575. The fourth-order valence-electron chi connectivity index (χ4n) is 1.80. The summed E-state index contributed by atoms with van der Waals surface area (Å²) in [5.41, 5.74) is 6.33. The molecule has 0 bridgehead atoms. The van der Waals surface area contributed by atoms with E-state index in [0.717, 1.165) is 12.8 Å². The van der Waals surface area contributed by atoms with Gasteiger partial charge in [-0.25, -0.2) is 4.39 Å². The van der Waals surface area contributed by atoms with Crippen LogP contribution < -0.4 is 10.5 Å². The number of nitrogens with zero attached hydrogens (tertiary/aromatic N) is 1. The average molecular weight is 283 g/mol. The van der Waals surface area contributed by atoms with E-state index in [1.807, 2.05) is 0 Å². The van der Waals surface area contributed by atoms with Crippen molar-refractivity contribution in [3.05, 3.63) is 29.0 Å². The highest BCUT2D eigenvalue weighted by Crippen LogP contribution is 2.39. The van der Waals surface area contributed by atoms with Crippen molar-refractivity contribution < 1.29 is 13.7 Å². The molecule has 1 saturated carbocycles. The van der Waals surface area contributed by atoms with Crippen LogP contribution >= 0.6 is 11.6 Å². The van der Waals surface area contributed by atoms with Gasteiger partial charge >= 0.3 is 0 Å². The molecule has 1 aliphatic rings. The minimum absolute atomic E-state index is 0.156. The van der Waals surface area contributed by atoms with Crippen LogP contribution in [0, 0.1) is 11.7 Å². The molecule has 1 aliphatic carbocycles. The van der Waals surface area contributed by atoms with Crippen LogP contribution in [0.4, 0.5) is 10.3 Å². The minimum Gasteiger partial charge on any atom is -0.491 e. The number of ether oxygens (including phenoxy) is 1. The van der Waals surface area contributed by atoms with Crippen molar-refractivity contribution in [1.82, 2.24) is 5.16 Å². The van der Waals surface area contributed by atoms with Crippen LogP contribution in [0.25, 0.3) is 11.3 Å². The standard InChI is InChI=1S/C13H12ClFN2O2/c14-10-4-8(15)3-9(11-5-12(16)19-17-11)13(10)18-6-7-1-2-7/h3-5,7H,1-2,6,16H2. The summed E-state index contributed by atoms with van der Waals surface area (Å²) in [5, 5.41) is 3.99. The van der Waals surface area contributed by atoms with Crippen LogP contribution in [-0.2, 0) is 0 Å². The number of nitrogens with two attached hydrogens (primary N) is 1. The molecule has 1 aromatic carbocycles. The molecule has 4 nitrogen and oxygen atoms in total. The zero-order chi connectivity index (χ0) is 13.4. The van der Waals surface area contributed by atoms with Crippen LogP contribution in [0.2, 0.25) is 5.02 Å². The molecule has 3 rings (SSSR count). The number of hydrogen-bond donors (Lipinski definition) is 1.